The summed E-state index contributed by atoms with van der Waals surface area (Å²) in [5, 5.41) is 0. The van der Waals surface area contributed by atoms with Gasteiger partial charge in [0, 0.05) is 7.11 Å². The average Bonchev–Trinajstić information content (AvgIpc) is 2.73. The fourth-order valence-electron chi connectivity index (χ4n) is 3.09. The lowest BCUT2D eigenvalue weighted by atomic mass is 9.97. The van der Waals surface area contributed by atoms with Gasteiger partial charge in [-0.05, 0) is 25.0 Å². The molecule has 1 amide bonds. The molecule has 0 bridgehead atoms. The van der Waals surface area contributed by atoms with Gasteiger partial charge in [0.1, 0.15) is 24.5 Å². The van der Waals surface area contributed by atoms with Crippen molar-refractivity contribution in [2.24, 2.45) is 0 Å². The standard InChI is InChI=1S/C23H25NO5/c1-23(2,22(26)28-14-17-10-6-4-7-11-17)24-16-29-19(15-27-3)20(21(24)25)18-12-8-5-9-13-18/h4-13H,14-16H2,1-3H3. The van der Waals surface area contributed by atoms with E-state index in [-0.39, 0.29) is 25.9 Å². The number of benzene rings is 2. The number of hydrogen-bond acceptors (Lipinski definition) is 5. The van der Waals surface area contributed by atoms with Gasteiger partial charge in [-0.15, -0.1) is 0 Å². The highest BCUT2D eigenvalue weighted by molar-refractivity contribution is 6.21. The molecule has 152 valence electrons. The van der Waals surface area contributed by atoms with E-state index in [0.717, 1.165) is 5.56 Å². The van der Waals surface area contributed by atoms with Crippen LogP contribution in [0.25, 0.3) is 5.57 Å². The van der Waals surface area contributed by atoms with Gasteiger partial charge in [0.15, 0.2) is 6.73 Å². The zero-order chi connectivity index (χ0) is 20.9. The Bertz CT molecular complexity index is 890. The van der Waals surface area contributed by atoms with Crippen LogP contribution >= 0.6 is 0 Å². The molecule has 0 unspecified atom stereocenters. The number of amides is 1. The molecule has 0 spiro atoms. The number of nitrogens with zero attached hydrogens (tertiary/aromatic N) is 1. The van der Waals surface area contributed by atoms with Crippen LogP contribution < -0.4 is 0 Å². The monoisotopic (exact) mass is 395 g/mol. The van der Waals surface area contributed by atoms with Gasteiger partial charge in [0.2, 0.25) is 0 Å². The van der Waals surface area contributed by atoms with E-state index in [2.05, 4.69) is 0 Å². The Balaban J connectivity index is 1.82. The van der Waals surface area contributed by atoms with Crippen LogP contribution in [0.1, 0.15) is 25.0 Å². The lowest BCUT2D eigenvalue weighted by Gasteiger charge is -2.39. The van der Waals surface area contributed by atoms with Gasteiger partial charge in [-0.2, -0.15) is 0 Å². The molecule has 6 heteroatoms. The van der Waals surface area contributed by atoms with Crippen molar-refractivity contribution in [3.8, 4) is 0 Å². The number of rotatable bonds is 7. The van der Waals surface area contributed by atoms with E-state index in [0.29, 0.717) is 16.9 Å². The number of methoxy groups -OCH3 is 1. The maximum atomic E-state index is 13.4. The molecule has 1 aliphatic rings. The normalized spacial score (nSPS) is 14.6. The first-order valence-electron chi connectivity index (χ1n) is 9.38. The van der Waals surface area contributed by atoms with Gasteiger partial charge in [-0.3, -0.25) is 9.69 Å². The third-order valence-corrected chi connectivity index (χ3v) is 4.83. The molecule has 2 aromatic rings. The molecule has 0 saturated carbocycles. The van der Waals surface area contributed by atoms with Gasteiger partial charge >= 0.3 is 5.97 Å². The van der Waals surface area contributed by atoms with Crippen molar-refractivity contribution in [1.82, 2.24) is 4.90 Å². The molecule has 1 heterocycles. The highest BCUT2D eigenvalue weighted by Crippen LogP contribution is 2.31. The number of hydrogen-bond donors (Lipinski definition) is 0. The molecule has 29 heavy (non-hydrogen) atoms. The van der Waals surface area contributed by atoms with Gasteiger partial charge in [-0.25, -0.2) is 4.79 Å². The van der Waals surface area contributed by atoms with E-state index >= 15 is 0 Å². The number of carbonyl (C=O) groups excluding carboxylic acids is 2. The van der Waals surface area contributed by atoms with Crippen LogP contribution in [0.4, 0.5) is 0 Å². The highest BCUT2D eigenvalue weighted by Gasteiger charge is 2.43. The van der Waals surface area contributed by atoms with Gasteiger partial charge in [0.25, 0.3) is 5.91 Å². The van der Waals surface area contributed by atoms with Crippen molar-refractivity contribution >= 4 is 17.4 Å². The Morgan fingerprint density at radius 3 is 2.28 bits per heavy atom. The summed E-state index contributed by atoms with van der Waals surface area (Å²) in [5.41, 5.74) is 0.778. The maximum absolute atomic E-state index is 13.4. The molecule has 3 rings (SSSR count). The molecule has 0 fully saturated rings. The molecule has 0 saturated heterocycles. The van der Waals surface area contributed by atoms with E-state index in [1.165, 1.54) is 4.90 Å². The second-order valence-corrected chi connectivity index (χ2v) is 7.22. The topological polar surface area (TPSA) is 65.1 Å². The van der Waals surface area contributed by atoms with Crippen molar-refractivity contribution in [3.05, 3.63) is 77.5 Å². The zero-order valence-corrected chi connectivity index (χ0v) is 16.9. The summed E-state index contributed by atoms with van der Waals surface area (Å²) >= 11 is 0. The second-order valence-electron chi connectivity index (χ2n) is 7.22. The second kappa shape index (κ2) is 8.92. The number of carbonyl (C=O) groups is 2. The first-order valence-corrected chi connectivity index (χ1v) is 9.38. The van der Waals surface area contributed by atoms with Crippen LogP contribution in [0, 0.1) is 0 Å². The first-order chi connectivity index (χ1) is 13.9. The summed E-state index contributed by atoms with van der Waals surface area (Å²) in [6.45, 7) is 3.57. The molecule has 0 radical (unpaired) electrons. The molecule has 0 aromatic heterocycles. The van der Waals surface area contributed by atoms with Crippen LogP contribution in [0.5, 0.6) is 0 Å². The van der Waals surface area contributed by atoms with Crippen molar-refractivity contribution in [1.29, 1.82) is 0 Å². The van der Waals surface area contributed by atoms with E-state index < -0.39 is 11.5 Å². The van der Waals surface area contributed by atoms with Gasteiger partial charge in [-0.1, -0.05) is 60.7 Å². The van der Waals surface area contributed by atoms with Crippen LogP contribution in [-0.4, -0.2) is 42.8 Å². The predicted octanol–water partition coefficient (Wildman–Crippen LogP) is 3.38. The summed E-state index contributed by atoms with van der Waals surface area (Å²) in [6.07, 6.45) is 0. The van der Waals surface area contributed by atoms with Crippen molar-refractivity contribution in [2.45, 2.75) is 26.0 Å². The molecule has 0 aliphatic carbocycles. The highest BCUT2D eigenvalue weighted by atomic mass is 16.5. The third-order valence-electron chi connectivity index (χ3n) is 4.83. The fourth-order valence-corrected chi connectivity index (χ4v) is 3.09. The van der Waals surface area contributed by atoms with E-state index in [9.17, 15) is 9.59 Å². The fraction of sp³-hybridized carbons (Fsp3) is 0.304. The largest absolute Gasteiger partial charge is 0.474 e. The quantitative estimate of drug-likeness (QED) is 0.673. The van der Waals surface area contributed by atoms with Crippen LogP contribution in [0.2, 0.25) is 0 Å². The molecular weight excluding hydrogens is 370 g/mol. The minimum atomic E-state index is -1.20. The Hall–Kier alpha value is -3.12. The summed E-state index contributed by atoms with van der Waals surface area (Å²) in [6, 6.07) is 18.6. The molecule has 1 aliphatic heterocycles. The minimum Gasteiger partial charge on any atom is -0.474 e. The number of esters is 1. The lowest BCUT2D eigenvalue weighted by molar-refractivity contribution is -0.167. The maximum Gasteiger partial charge on any atom is 0.331 e. The zero-order valence-electron chi connectivity index (χ0n) is 16.9. The van der Waals surface area contributed by atoms with E-state index in [1.807, 2.05) is 60.7 Å². The average molecular weight is 395 g/mol. The Morgan fingerprint density at radius 2 is 1.66 bits per heavy atom. The minimum absolute atomic E-state index is 0.0543. The summed E-state index contributed by atoms with van der Waals surface area (Å²) < 4.78 is 16.5. The summed E-state index contributed by atoms with van der Waals surface area (Å²) in [4.78, 5) is 27.6. The lowest BCUT2D eigenvalue weighted by Crippen LogP contribution is -2.56. The van der Waals surface area contributed by atoms with Crippen LogP contribution in [-0.2, 0) is 30.4 Å². The van der Waals surface area contributed by atoms with Crippen molar-refractivity contribution in [3.63, 3.8) is 0 Å². The summed E-state index contributed by atoms with van der Waals surface area (Å²) in [5.74, 6) is -0.342. The van der Waals surface area contributed by atoms with Gasteiger partial charge < -0.3 is 14.2 Å². The van der Waals surface area contributed by atoms with Crippen LogP contribution in [0.15, 0.2) is 66.4 Å². The van der Waals surface area contributed by atoms with E-state index in [1.54, 1.807) is 21.0 Å². The molecular formula is C23H25NO5. The van der Waals surface area contributed by atoms with E-state index in [4.69, 9.17) is 14.2 Å². The first kappa shape index (κ1) is 20.6. The van der Waals surface area contributed by atoms with Crippen molar-refractivity contribution < 1.29 is 23.8 Å². The SMILES string of the molecule is COCC1=C(c2ccccc2)C(=O)N(C(C)(C)C(=O)OCc2ccccc2)CO1. The van der Waals surface area contributed by atoms with Crippen molar-refractivity contribution in [2.75, 3.05) is 20.4 Å². The van der Waals surface area contributed by atoms with Crippen LogP contribution in [0.3, 0.4) is 0 Å². The summed E-state index contributed by atoms with van der Waals surface area (Å²) in [7, 11) is 1.54. The molecule has 2 aromatic carbocycles. The molecule has 0 N–H and O–H groups in total. The Kier molecular flexibility index (Phi) is 6.34. The van der Waals surface area contributed by atoms with Gasteiger partial charge in [0.05, 0.1) is 5.57 Å². The molecule has 0 atom stereocenters. The Labute approximate surface area is 170 Å². The smallest absolute Gasteiger partial charge is 0.331 e. The predicted molar refractivity (Wildman–Crippen MR) is 108 cm³/mol. The molecule has 6 nitrogen and oxygen atoms in total. The number of ether oxygens (including phenoxy) is 3. The third kappa shape index (κ3) is 4.49. The Morgan fingerprint density at radius 1 is 1.03 bits per heavy atom.